The second-order valence-electron chi connectivity index (χ2n) is 8.95. The average Bonchev–Trinajstić information content (AvgIpc) is 3.15. The van der Waals surface area contributed by atoms with Gasteiger partial charge in [-0.2, -0.15) is 0 Å². The standard InChI is InChI=1S/C22H25N3O2S/c26-18(17-4-2-1-3-5-17)6-7-19(27)23-21-25-24-20(28-21)22-11-14-8-15(12-22)10-16(9-14)13-22/h1-5,14-16H,6-13H2,(H,23,25,27). The van der Waals surface area contributed by atoms with Gasteiger partial charge in [-0.15, -0.1) is 10.2 Å². The largest absolute Gasteiger partial charge is 0.301 e. The zero-order valence-corrected chi connectivity index (χ0v) is 16.7. The number of carbonyl (C=O) groups is 2. The van der Waals surface area contributed by atoms with Crippen molar-refractivity contribution in [3.63, 3.8) is 0 Å². The summed E-state index contributed by atoms with van der Waals surface area (Å²) in [7, 11) is 0. The van der Waals surface area contributed by atoms with E-state index < -0.39 is 0 Å². The van der Waals surface area contributed by atoms with Gasteiger partial charge in [0, 0.05) is 23.8 Å². The second kappa shape index (κ2) is 7.07. The van der Waals surface area contributed by atoms with E-state index in [-0.39, 0.29) is 29.9 Å². The van der Waals surface area contributed by atoms with Crippen molar-refractivity contribution in [3.05, 3.63) is 40.9 Å². The Morgan fingerprint density at radius 1 is 0.964 bits per heavy atom. The van der Waals surface area contributed by atoms with E-state index in [9.17, 15) is 9.59 Å². The van der Waals surface area contributed by atoms with Gasteiger partial charge in [-0.1, -0.05) is 41.7 Å². The van der Waals surface area contributed by atoms with Crippen LogP contribution in [0.3, 0.4) is 0 Å². The van der Waals surface area contributed by atoms with E-state index in [0.717, 1.165) is 22.8 Å². The number of carbonyl (C=O) groups excluding carboxylic acids is 2. The van der Waals surface area contributed by atoms with Crippen LogP contribution >= 0.6 is 11.3 Å². The van der Waals surface area contributed by atoms with E-state index in [4.69, 9.17) is 0 Å². The minimum atomic E-state index is -0.169. The van der Waals surface area contributed by atoms with Crippen LogP contribution in [0.2, 0.25) is 0 Å². The molecule has 4 fully saturated rings. The lowest BCUT2D eigenvalue weighted by molar-refractivity contribution is -0.116. The highest BCUT2D eigenvalue weighted by molar-refractivity contribution is 7.15. The van der Waals surface area contributed by atoms with Gasteiger partial charge < -0.3 is 5.32 Å². The minimum absolute atomic E-state index is 0.0118. The number of Topliss-reactive ketones (excluding diaryl/α,β-unsaturated/α-hetero) is 1. The molecule has 1 amide bonds. The third-order valence-electron chi connectivity index (χ3n) is 6.84. The van der Waals surface area contributed by atoms with E-state index in [2.05, 4.69) is 15.5 Å². The maximum Gasteiger partial charge on any atom is 0.226 e. The van der Waals surface area contributed by atoms with Crippen molar-refractivity contribution in [2.45, 2.75) is 56.8 Å². The van der Waals surface area contributed by atoms with Gasteiger partial charge >= 0.3 is 0 Å². The summed E-state index contributed by atoms with van der Waals surface area (Å²) in [5, 5.41) is 13.3. The van der Waals surface area contributed by atoms with Crippen LogP contribution in [0.1, 0.15) is 66.7 Å². The number of ketones is 1. The summed E-state index contributed by atoms with van der Waals surface area (Å²) in [6, 6.07) is 9.10. The van der Waals surface area contributed by atoms with E-state index >= 15 is 0 Å². The van der Waals surface area contributed by atoms with Gasteiger partial charge in [0.2, 0.25) is 11.0 Å². The van der Waals surface area contributed by atoms with Crippen LogP contribution < -0.4 is 5.32 Å². The highest BCUT2D eigenvalue weighted by Crippen LogP contribution is 2.61. The SMILES string of the molecule is O=C(CCC(=O)c1ccccc1)Nc1nnc(C23CC4CC(CC(C4)C2)C3)s1. The number of hydrogen-bond acceptors (Lipinski definition) is 5. The number of anilines is 1. The van der Waals surface area contributed by atoms with E-state index in [1.165, 1.54) is 38.5 Å². The fourth-order valence-corrected chi connectivity index (χ4v) is 7.02. The van der Waals surface area contributed by atoms with Crippen LogP contribution in [0, 0.1) is 17.8 Å². The molecule has 1 heterocycles. The quantitative estimate of drug-likeness (QED) is 0.725. The van der Waals surface area contributed by atoms with Crippen LogP contribution in [-0.4, -0.2) is 21.9 Å². The van der Waals surface area contributed by atoms with Crippen LogP contribution in [0.25, 0.3) is 0 Å². The van der Waals surface area contributed by atoms with Crippen LogP contribution in [-0.2, 0) is 10.2 Å². The van der Waals surface area contributed by atoms with Crippen molar-refractivity contribution in [2.75, 3.05) is 5.32 Å². The fraction of sp³-hybridized carbons (Fsp3) is 0.545. The van der Waals surface area contributed by atoms with Crippen molar-refractivity contribution in [2.24, 2.45) is 17.8 Å². The monoisotopic (exact) mass is 395 g/mol. The molecule has 4 saturated carbocycles. The first kappa shape index (κ1) is 18.0. The normalized spacial score (nSPS) is 30.4. The van der Waals surface area contributed by atoms with E-state index in [1.807, 2.05) is 18.2 Å². The highest BCUT2D eigenvalue weighted by atomic mass is 32.1. The molecule has 6 heteroatoms. The number of hydrogen-bond donors (Lipinski definition) is 1. The molecule has 4 aliphatic rings. The van der Waals surface area contributed by atoms with Gasteiger partial charge in [0.25, 0.3) is 0 Å². The lowest BCUT2D eigenvalue weighted by Gasteiger charge is -2.55. The van der Waals surface area contributed by atoms with Gasteiger partial charge in [-0.3, -0.25) is 9.59 Å². The van der Waals surface area contributed by atoms with Crippen molar-refractivity contribution in [1.29, 1.82) is 0 Å². The first-order chi connectivity index (χ1) is 13.6. The third-order valence-corrected chi connectivity index (χ3v) is 7.92. The Labute approximate surface area is 169 Å². The van der Waals surface area contributed by atoms with Crippen LogP contribution in [0.15, 0.2) is 30.3 Å². The van der Waals surface area contributed by atoms with Gasteiger partial charge in [0.15, 0.2) is 5.78 Å². The summed E-state index contributed by atoms with van der Waals surface area (Å²) in [6.45, 7) is 0. The molecule has 146 valence electrons. The molecule has 2 aromatic rings. The fourth-order valence-electron chi connectivity index (χ4n) is 6.04. The molecule has 0 radical (unpaired) electrons. The molecule has 28 heavy (non-hydrogen) atoms. The van der Waals surface area contributed by atoms with Crippen LogP contribution in [0.5, 0.6) is 0 Å². The number of amides is 1. The Balaban J connectivity index is 1.20. The second-order valence-corrected chi connectivity index (χ2v) is 9.93. The predicted molar refractivity (Wildman–Crippen MR) is 108 cm³/mol. The molecule has 0 unspecified atom stereocenters. The molecule has 1 aromatic carbocycles. The molecule has 6 rings (SSSR count). The van der Waals surface area contributed by atoms with Crippen molar-refractivity contribution in [3.8, 4) is 0 Å². The Morgan fingerprint density at radius 3 is 2.25 bits per heavy atom. The molecular weight excluding hydrogens is 370 g/mol. The highest BCUT2D eigenvalue weighted by Gasteiger charge is 2.53. The minimum Gasteiger partial charge on any atom is -0.301 e. The summed E-state index contributed by atoms with van der Waals surface area (Å²) < 4.78 is 0. The van der Waals surface area contributed by atoms with Crippen molar-refractivity contribution in [1.82, 2.24) is 10.2 Å². The number of aromatic nitrogens is 2. The molecule has 4 bridgehead atoms. The van der Waals surface area contributed by atoms with E-state index in [1.54, 1.807) is 23.5 Å². The maximum absolute atomic E-state index is 12.3. The first-order valence-electron chi connectivity index (χ1n) is 10.3. The Bertz CT molecular complexity index is 857. The number of nitrogens with zero attached hydrogens (tertiary/aromatic N) is 2. The summed E-state index contributed by atoms with van der Waals surface area (Å²) in [5.74, 6) is 2.39. The Hall–Kier alpha value is -2.08. The third kappa shape index (κ3) is 3.39. The van der Waals surface area contributed by atoms with E-state index in [0.29, 0.717) is 10.7 Å². The van der Waals surface area contributed by atoms with Crippen LogP contribution in [0.4, 0.5) is 5.13 Å². The summed E-state index contributed by atoms with van der Waals surface area (Å²) >= 11 is 1.54. The molecule has 0 atom stereocenters. The number of nitrogens with one attached hydrogen (secondary N) is 1. The maximum atomic E-state index is 12.3. The Morgan fingerprint density at radius 2 is 1.61 bits per heavy atom. The van der Waals surface area contributed by atoms with Gasteiger partial charge in [0.1, 0.15) is 5.01 Å². The Kier molecular flexibility index (Phi) is 4.54. The zero-order valence-electron chi connectivity index (χ0n) is 15.9. The molecule has 0 spiro atoms. The lowest BCUT2D eigenvalue weighted by atomic mass is 9.50. The smallest absolute Gasteiger partial charge is 0.226 e. The van der Waals surface area contributed by atoms with Gasteiger partial charge in [0.05, 0.1) is 0 Å². The van der Waals surface area contributed by atoms with Crippen molar-refractivity contribution >= 4 is 28.2 Å². The molecule has 4 aliphatic carbocycles. The molecule has 0 aliphatic heterocycles. The molecule has 5 nitrogen and oxygen atoms in total. The summed E-state index contributed by atoms with van der Waals surface area (Å²) in [4.78, 5) is 24.4. The predicted octanol–water partition coefficient (Wildman–Crippen LogP) is 4.61. The molecular formula is C22H25N3O2S. The lowest BCUT2D eigenvalue weighted by Crippen LogP contribution is -2.48. The summed E-state index contributed by atoms with van der Waals surface area (Å²) in [5.41, 5.74) is 0.855. The average molecular weight is 396 g/mol. The van der Waals surface area contributed by atoms with Gasteiger partial charge in [-0.25, -0.2) is 0 Å². The van der Waals surface area contributed by atoms with Crippen molar-refractivity contribution < 1.29 is 9.59 Å². The number of rotatable bonds is 6. The zero-order chi connectivity index (χ0) is 19.1. The molecule has 1 aromatic heterocycles. The molecule has 0 saturated heterocycles. The first-order valence-corrected chi connectivity index (χ1v) is 11.1. The summed E-state index contributed by atoms with van der Waals surface area (Å²) in [6.07, 6.45) is 8.30. The molecule has 1 N–H and O–H groups in total. The number of benzene rings is 1. The topological polar surface area (TPSA) is 72.0 Å². The van der Waals surface area contributed by atoms with Gasteiger partial charge in [-0.05, 0) is 56.3 Å².